The van der Waals surface area contributed by atoms with Gasteiger partial charge in [0.1, 0.15) is 5.82 Å². The van der Waals surface area contributed by atoms with Crippen molar-refractivity contribution in [1.29, 1.82) is 0 Å². The lowest BCUT2D eigenvalue weighted by Crippen LogP contribution is -2.22. The maximum Gasteiger partial charge on any atom is 0.220 e. The summed E-state index contributed by atoms with van der Waals surface area (Å²) in [5, 5.41) is 4.09. The van der Waals surface area contributed by atoms with Crippen LogP contribution in [0.2, 0.25) is 0 Å². The van der Waals surface area contributed by atoms with Crippen LogP contribution < -0.4 is 5.32 Å². The summed E-state index contributed by atoms with van der Waals surface area (Å²) in [4.78, 5) is 12.0. The van der Waals surface area contributed by atoms with E-state index in [9.17, 15) is 9.18 Å². The number of nitrogens with zero attached hydrogens (tertiary/aromatic N) is 1. The molecule has 1 aromatic heterocycles. The fourth-order valence-corrected chi connectivity index (χ4v) is 3.00. The Morgan fingerprint density at radius 2 is 2.00 bits per heavy atom. The number of para-hydroxylation sites is 1. The molecule has 3 nitrogen and oxygen atoms in total. The Hall–Kier alpha value is -2.62. The number of hydrogen-bond donors (Lipinski definition) is 1. The van der Waals surface area contributed by atoms with E-state index in [1.807, 2.05) is 19.2 Å². The van der Waals surface area contributed by atoms with Gasteiger partial charge in [-0.25, -0.2) is 4.39 Å². The van der Waals surface area contributed by atoms with Gasteiger partial charge in [0.25, 0.3) is 0 Å². The van der Waals surface area contributed by atoms with E-state index < -0.39 is 0 Å². The van der Waals surface area contributed by atoms with Crippen molar-refractivity contribution in [3.05, 3.63) is 71.7 Å². The molecule has 0 fully saturated rings. The van der Waals surface area contributed by atoms with Gasteiger partial charge in [-0.2, -0.15) is 0 Å². The summed E-state index contributed by atoms with van der Waals surface area (Å²) in [7, 11) is 2.04. The van der Waals surface area contributed by atoms with Crippen molar-refractivity contribution >= 4 is 16.8 Å². The molecule has 0 spiro atoms. The van der Waals surface area contributed by atoms with Crippen molar-refractivity contribution in [3.63, 3.8) is 0 Å². The van der Waals surface area contributed by atoms with Gasteiger partial charge in [0.2, 0.25) is 5.91 Å². The van der Waals surface area contributed by atoms with Gasteiger partial charge in [-0.1, -0.05) is 30.3 Å². The third-order valence-corrected chi connectivity index (χ3v) is 4.21. The number of hydrogen-bond acceptors (Lipinski definition) is 1. The van der Waals surface area contributed by atoms with Crippen LogP contribution in [0.5, 0.6) is 0 Å². The van der Waals surface area contributed by atoms with Crippen LogP contribution in [-0.2, 0) is 24.8 Å². The highest BCUT2D eigenvalue weighted by molar-refractivity contribution is 5.84. The van der Waals surface area contributed by atoms with Crippen LogP contribution in [0.1, 0.15) is 24.0 Å². The van der Waals surface area contributed by atoms with E-state index in [1.54, 1.807) is 12.1 Å². The van der Waals surface area contributed by atoms with E-state index in [-0.39, 0.29) is 11.7 Å². The minimum atomic E-state index is -0.280. The number of aromatic nitrogens is 1. The quantitative estimate of drug-likeness (QED) is 0.732. The van der Waals surface area contributed by atoms with Gasteiger partial charge in [0.15, 0.2) is 0 Å². The summed E-state index contributed by atoms with van der Waals surface area (Å²) >= 11 is 0. The van der Waals surface area contributed by atoms with Crippen LogP contribution in [-0.4, -0.2) is 10.5 Å². The molecule has 0 unspecified atom stereocenters. The standard InChI is InChI=1S/C20H21FN2O/c1-23-14-16(18-9-2-3-10-19(18)23)7-5-11-20(24)22-13-15-6-4-8-17(21)12-15/h2-4,6,8-10,12,14H,5,7,11,13H2,1H3,(H,22,24). The maximum atomic E-state index is 13.1. The Morgan fingerprint density at radius 3 is 2.83 bits per heavy atom. The SMILES string of the molecule is Cn1cc(CCCC(=O)NCc2cccc(F)c2)c2ccccc21. The lowest BCUT2D eigenvalue weighted by atomic mass is 10.1. The van der Waals surface area contributed by atoms with Crippen LogP contribution in [0.4, 0.5) is 4.39 Å². The number of nitrogens with one attached hydrogen (secondary N) is 1. The van der Waals surface area contributed by atoms with Crippen molar-refractivity contribution in [2.24, 2.45) is 7.05 Å². The van der Waals surface area contributed by atoms with E-state index in [2.05, 4.69) is 28.2 Å². The molecule has 0 bridgehead atoms. The average molecular weight is 324 g/mol. The first-order chi connectivity index (χ1) is 11.6. The smallest absolute Gasteiger partial charge is 0.220 e. The molecule has 3 aromatic rings. The Bertz CT molecular complexity index is 854. The third-order valence-electron chi connectivity index (χ3n) is 4.21. The highest BCUT2D eigenvalue weighted by Crippen LogP contribution is 2.21. The van der Waals surface area contributed by atoms with E-state index >= 15 is 0 Å². The number of carbonyl (C=O) groups excluding carboxylic acids is 1. The molecule has 0 saturated heterocycles. The molecule has 1 amide bonds. The first-order valence-corrected chi connectivity index (χ1v) is 8.17. The zero-order chi connectivity index (χ0) is 16.9. The number of carbonyl (C=O) groups is 1. The van der Waals surface area contributed by atoms with E-state index in [1.165, 1.54) is 28.6 Å². The van der Waals surface area contributed by atoms with Crippen molar-refractivity contribution in [3.8, 4) is 0 Å². The number of aryl methyl sites for hydroxylation is 2. The van der Waals surface area contributed by atoms with Crippen molar-refractivity contribution in [2.45, 2.75) is 25.8 Å². The third kappa shape index (κ3) is 3.82. The molecule has 0 aliphatic heterocycles. The van der Waals surface area contributed by atoms with Crippen molar-refractivity contribution < 1.29 is 9.18 Å². The monoisotopic (exact) mass is 324 g/mol. The van der Waals surface area contributed by atoms with Crippen LogP contribution in [0.15, 0.2) is 54.7 Å². The predicted octanol–water partition coefficient (Wildman–Crippen LogP) is 3.96. The molecule has 0 aliphatic rings. The minimum Gasteiger partial charge on any atom is -0.352 e. The van der Waals surface area contributed by atoms with Gasteiger partial charge in [-0.3, -0.25) is 4.79 Å². The van der Waals surface area contributed by atoms with Crippen LogP contribution in [0.25, 0.3) is 10.9 Å². The number of amides is 1. The Kier molecular flexibility index (Phi) is 4.94. The zero-order valence-corrected chi connectivity index (χ0v) is 13.8. The molecule has 1 heterocycles. The lowest BCUT2D eigenvalue weighted by molar-refractivity contribution is -0.121. The number of halogens is 1. The Balaban J connectivity index is 1.50. The van der Waals surface area contributed by atoms with E-state index in [4.69, 9.17) is 0 Å². The average Bonchev–Trinajstić information content (AvgIpc) is 2.90. The fourth-order valence-electron chi connectivity index (χ4n) is 3.00. The second kappa shape index (κ2) is 7.30. The first kappa shape index (κ1) is 16.2. The highest BCUT2D eigenvalue weighted by atomic mass is 19.1. The zero-order valence-electron chi connectivity index (χ0n) is 13.8. The van der Waals surface area contributed by atoms with Gasteiger partial charge in [0, 0.05) is 37.1 Å². The number of rotatable bonds is 6. The molecular formula is C20H21FN2O. The maximum absolute atomic E-state index is 13.1. The molecule has 2 aromatic carbocycles. The largest absolute Gasteiger partial charge is 0.352 e. The number of benzene rings is 2. The molecule has 4 heteroatoms. The van der Waals surface area contributed by atoms with E-state index in [0.29, 0.717) is 13.0 Å². The van der Waals surface area contributed by atoms with E-state index in [0.717, 1.165) is 18.4 Å². The number of fused-ring (bicyclic) bond motifs is 1. The molecule has 0 atom stereocenters. The molecule has 1 N–H and O–H groups in total. The van der Waals surface area contributed by atoms with Crippen LogP contribution in [0, 0.1) is 5.82 Å². The normalized spacial score (nSPS) is 10.9. The molecule has 0 radical (unpaired) electrons. The van der Waals surface area contributed by atoms with Gasteiger partial charge in [-0.15, -0.1) is 0 Å². The summed E-state index contributed by atoms with van der Waals surface area (Å²) in [5.41, 5.74) is 3.26. The van der Waals surface area contributed by atoms with Gasteiger partial charge in [-0.05, 0) is 42.2 Å². The van der Waals surface area contributed by atoms with Crippen molar-refractivity contribution in [2.75, 3.05) is 0 Å². The topological polar surface area (TPSA) is 34.0 Å². The summed E-state index contributed by atoms with van der Waals surface area (Å²) < 4.78 is 15.2. The second-order valence-electron chi connectivity index (χ2n) is 6.04. The molecule has 3 rings (SSSR count). The molecule has 0 aliphatic carbocycles. The Morgan fingerprint density at radius 1 is 1.17 bits per heavy atom. The first-order valence-electron chi connectivity index (χ1n) is 8.17. The Labute approximate surface area is 141 Å². The highest BCUT2D eigenvalue weighted by Gasteiger charge is 2.07. The summed E-state index contributed by atoms with van der Waals surface area (Å²) in [6.07, 6.45) is 4.27. The molecule has 24 heavy (non-hydrogen) atoms. The summed E-state index contributed by atoms with van der Waals surface area (Å²) in [5.74, 6) is -0.280. The fraction of sp³-hybridized carbons (Fsp3) is 0.250. The lowest BCUT2D eigenvalue weighted by Gasteiger charge is -2.05. The molecule has 124 valence electrons. The minimum absolute atomic E-state index is 0.000465. The summed E-state index contributed by atoms with van der Waals surface area (Å²) in [6.45, 7) is 0.366. The second-order valence-corrected chi connectivity index (χ2v) is 6.04. The molecule has 0 saturated carbocycles. The van der Waals surface area contributed by atoms with Crippen molar-refractivity contribution in [1.82, 2.24) is 9.88 Å². The molecular weight excluding hydrogens is 303 g/mol. The van der Waals surface area contributed by atoms with Gasteiger partial charge < -0.3 is 9.88 Å². The van der Waals surface area contributed by atoms with Crippen LogP contribution in [0.3, 0.4) is 0 Å². The van der Waals surface area contributed by atoms with Crippen LogP contribution >= 0.6 is 0 Å². The summed E-state index contributed by atoms with van der Waals surface area (Å²) in [6, 6.07) is 14.6. The van der Waals surface area contributed by atoms with Gasteiger partial charge >= 0.3 is 0 Å². The predicted molar refractivity (Wildman–Crippen MR) is 94.1 cm³/mol. The van der Waals surface area contributed by atoms with Gasteiger partial charge in [0.05, 0.1) is 0 Å².